The van der Waals surface area contributed by atoms with E-state index in [0.29, 0.717) is 64.7 Å². The smallest absolute Gasteiger partial charge is 0.318 e. The number of piperazine rings is 1. The molecule has 3 heterocycles. The maximum absolute atomic E-state index is 14.3. The molecule has 3 aliphatic rings. The zero-order valence-corrected chi connectivity index (χ0v) is 25.6. The Morgan fingerprint density at radius 2 is 2.00 bits per heavy atom. The van der Waals surface area contributed by atoms with Crippen LogP contribution in [0.1, 0.15) is 29.7 Å². The molecule has 2 aliphatic heterocycles. The molecule has 0 spiro atoms. The molecule has 2 fully saturated rings. The highest BCUT2D eigenvalue weighted by Gasteiger charge is 2.43. The molecule has 0 N–H and O–H groups in total. The van der Waals surface area contributed by atoms with Gasteiger partial charge in [0, 0.05) is 55.9 Å². The molecule has 3 aromatic rings. The highest BCUT2D eigenvalue weighted by Crippen LogP contribution is 2.40. The van der Waals surface area contributed by atoms with Gasteiger partial charge < -0.3 is 24.3 Å². The van der Waals surface area contributed by atoms with Gasteiger partial charge in [0.05, 0.1) is 12.2 Å². The lowest BCUT2D eigenvalue weighted by molar-refractivity contribution is -0.128. The van der Waals surface area contributed by atoms with Crippen LogP contribution >= 0.6 is 0 Å². The molecule has 1 amide bonds. The van der Waals surface area contributed by atoms with Crippen molar-refractivity contribution in [2.45, 2.75) is 44.4 Å². The monoisotopic (exact) mass is 597 g/mol. The van der Waals surface area contributed by atoms with Gasteiger partial charge in [-0.15, -0.1) is 0 Å². The summed E-state index contributed by atoms with van der Waals surface area (Å²) in [5.41, 5.74) is 3.37. The predicted octanol–water partition coefficient (Wildman–Crippen LogP) is 4.44. The van der Waals surface area contributed by atoms with Crippen LogP contribution in [0.4, 0.5) is 15.9 Å². The lowest BCUT2D eigenvalue weighted by Crippen LogP contribution is -2.56. The highest BCUT2D eigenvalue weighted by molar-refractivity contribution is 5.97. The number of halogens is 1. The fraction of sp³-hybridized carbons (Fsp3) is 0.471. The largest absolute Gasteiger partial charge is 0.462 e. The van der Waals surface area contributed by atoms with Crippen LogP contribution in [0.5, 0.6) is 6.01 Å². The lowest BCUT2D eigenvalue weighted by Gasteiger charge is -2.41. The summed E-state index contributed by atoms with van der Waals surface area (Å²) in [6.07, 6.45) is 3.33. The second-order valence-corrected chi connectivity index (χ2v) is 12.3. The molecular formula is C34H40FN7O2. The Morgan fingerprint density at radius 1 is 1.20 bits per heavy atom. The number of aromatic nitrogens is 2. The Balaban J connectivity index is 1.29. The van der Waals surface area contributed by atoms with E-state index in [-0.39, 0.29) is 18.5 Å². The summed E-state index contributed by atoms with van der Waals surface area (Å²) in [4.78, 5) is 34.3. The van der Waals surface area contributed by atoms with Gasteiger partial charge in [-0.1, -0.05) is 36.9 Å². The molecule has 1 saturated heterocycles. The van der Waals surface area contributed by atoms with E-state index in [1.165, 1.54) is 28.1 Å². The Hall–Kier alpha value is -4.23. The first-order chi connectivity index (χ1) is 21.3. The van der Waals surface area contributed by atoms with Crippen LogP contribution < -0.4 is 14.5 Å². The number of benzene rings is 2. The van der Waals surface area contributed by atoms with Crippen molar-refractivity contribution < 1.29 is 13.9 Å². The molecule has 0 bridgehead atoms. The normalized spacial score (nSPS) is 19.1. The van der Waals surface area contributed by atoms with Gasteiger partial charge >= 0.3 is 6.01 Å². The number of rotatable bonds is 10. The summed E-state index contributed by atoms with van der Waals surface area (Å²) in [6, 6.07) is 12.9. The van der Waals surface area contributed by atoms with Crippen LogP contribution in [0.25, 0.3) is 15.6 Å². The topological polar surface area (TPSA) is 69.4 Å². The zero-order valence-electron chi connectivity index (χ0n) is 25.6. The van der Waals surface area contributed by atoms with Crippen molar-refractivity contribution in [1.29, 1.82) is 0 Å². The summed E-state index contributed by atoms with van der Waals surface area (Å²) < 4.78 is 20.4. The van der Waals surface area contributed by atoms with E-state index in [0.717, 1.165) is 30.0 Å². The lowest BCUT2D eigenvalue weighted by atomic mass is 9.99. The van der Waals surface area contributed by atoms with Gasteiger partial charge in [-0.25, -0.2) is 11.0 Å². The molecule has 6 rings (SSSR count). The number of fused-ring (bicyclic) bond motifs is 2. The van der Waals surface area contributed by atoms with Crippen molar-refractivity contribution in [3.8, 4) is 6.01 Å². The standard InChI is InChI=1S/C34H40FN7O2/c1-5-30(43)42-17-16-41(21-26(42)20-36-3)32-27-12-15-40(29-11-7-10-25-9-6-8-24(2)31(25)29)22-28(27)37-33(38-32)44-19-18-39(4)23-34(35)13-14-34/h5-11,26H,1,12-23H2,2,4H3/t26-/m0/s1. The molecule has 0 unspecified atom stereocenters. The third-order valence-corrected chi connectivity index (χ3v) is 9.05. The van der Waals surface area contributed by atoms with E-state index >= 15 is 0 Å². The second-order valence-electron chi connectivity index (χ2n) is 12.3. The number of amides is 1. The van der Waals surface area contributed by atoms with Crippen molar-refractivity contribution in [2.75, 3.05) is 69.3 Å². The SMILES string of the molecule is [C-]#[N+]C[C@H]1CN(c2nc(OCCN(C)CC3(F)CC3)nc3c2CCN(c2cccc4cccc(C)c24)C3)CCN1C(=O)C=C. The van der Waals surface area contributed by atoms with E-state index < -0.39 is 5.67 Å². The second kappa shape index (κ2) is 12.4. The van der Waals surface area contributed by atoms with Crippen molar-refractivity contribution in [3.63, 3.8) is 0 Å². The average Bonchev–Trinajstić information content (AvgIpc) is 3.75. The van der Waals surface area contributed by atoms with Gasteiger partial charge in [0.2, 0.25) is 12.5 Å². The summed E-state index contributed by atoms with van der Waals surface area (Å²) in [5, 5.41) is 2.46. The number of alkyl halides is 1. The molecular weight excluding hydrogens is 557 g/mol. The molecule has 0 radical (unpaired) electrons. The first kappa shape index (κ1) is 29.8. The first-order valence-corrected chi connectivity index (χ1v) is 15.4. The molecule has 2 aromatic carbocycles. The van der Waals surface area contributed by atoms with Crippen LogP contribution in [0, 0.1) is 13.5 Å². The minimum atomic E-state index is -1.05. The van der Waals surface area contributed by atoms with Crippen LogP contribution in [0.2, 0.25) is 0 Å². The molecule has 1 aliphatic carbocycles. The number of hydrogen-bond acceptors (Lipinski definition) is 7. The molecule has 9 nitrogen and oxygen atoms in total. The first-order valence-electron chi connectivity index (χ1n) is 15.4. The number of anilines is 2. The summed E-state index contributed by atoms with van der Waals surface area (Å²) in [5.74, 6) is 0.659. The van der Waals surface area contributed by atoms with Gasteiger partial charge in [-0.2, -0.15) is 9.97 Å². The minimum absolute atomic E-state index is 0.154. The Bertz CT molecular complexity index is 1600. The van der Waals surface area contributed by atoms with Gasteiger partial charge in [-0.3, -0.25) is 9.69 Å². The molecule has 10 heteroatoms. The Morgan fingerprint density at radius 3 is 2.75 bits per heavy atom. The van der Waals surface area contributed by atoms with Crippen LogP contribution in [-0.2, 0) is 17.8 Å². The fourth-order valence-corrected chi connectivity index (χ4v) is 6.56. The minimum Gasteiger partial charge on any atom is -0.462 e. The van der Waals surface area contributed by atoms with Gasteiger partial charge in [-0.05, 0) is 56.3 Å². The van der Waals surface area contributed by atoms with Gasteiger partial charge in [0.25, 0.3) is 0 Å². The summed E-state index contributed by atoms with van der Waals surface area (Å²) in [6.45, 7) is 17.8. The number of aryl methyl sites for hydroxylation is 1. The quantitative estimate of drug-likeness (QED) is 0.253. The number of carbonyl (C=O) groups is 1. The van der Waals surface area contributed by atoms with E-state index in [4.69, 9.17) is 21.3 Å². The Labute approximate surface area is 258 Å². The summed E-state index contributed by atoms with van der Waals surface area (Å²) in [7, 11) is 1.91. The molecule has 44 heavy (non-hydrogen) atoms. The third-order valence-electron chi connectivity index (χ3n) is 9.05. The van der Waals surface area contributed by atoms with E-state index in [1.54, 1.807) is 4.90 Å². The number of carbonyl (C=O) groups excluding carboxylic acids is 1. The molecule has 1 atom stereocenters. The van der Waals surface area contributed by atoms with E-state index in [1.807, 2.05) is 11.9 Å². The molecule has 1 aromatic heterocycles. The number of nitrogens with zero attached hydrogens (tertiary/aromatic N) is 7. The Kier molecular flexibility index (Phi) is 8.41. The van der Waals surface area contributed by atoms with Crippen molar-refractivity contribution in [1.82, 2.24) is 19.8 Å². The average molecular weight is 598 g/mol. The number of ether oxygens (including phenoxy) is 1. The zero-order chi connectivity index (χ0) is 30.8. The molecule has 230 valence electrons. The van der Waals surface area contributed by atoms with Crippen LogP contribution in [0.15, 0.2) is 49.1 Å². The summed E-state index contributed by atoms with van der Waals surface area (Å²) >= 11 is 0. The maximum atomic E-state index is 14.3. The number of likely N-dealkylation sites (N-methyl/N-ethyl adjacent to an activating group) is 1. The third kappa shape index (κ3) is 6.20. The van der Waals surface area contributed by atoms with Gasteiger partial charge in [0.1, 0.15) is 24.1 Å². The van der Waals surface area contributed by atoms with Crippen LogP contribution in [0.3, 0.4) is 0 Å². The van der Waals surface area contributed by atoms with Crippen LogP contribution in [-0.4, -0.2) is 96.9 Å². The fourth-order valence-electron chi connectivity index (χ4n) is 6.56. The predicted molar refractivity (Wildman–Crippen MR) is 171 cm³/mol. The highest BCUT2D eigenvalue weighted by atomic mass is 19.1. The van der Waals surface area contributed by atoms with Crippen molar-refractivity contribution in [3.05, 3.63) is 77.3 Å². The van der Waals surface area contributed by atoms with Gasteiger partial charge in [0.15, 0.2) is 0 Å². The van der Waals surface area contributed by atoms with E-state index in [2.05, 4.69) is 64.5 Å². The van der Waals surface area contributed by atoms with Crippen molar-refractivity contribution >= 4 is 28.2 Å². The maximum Gasteiger partial charge on any atom is 0.318 e. The molecule has 1 saturated carbocycles. The van der Waals surface area contributed by atoms with Crippen molar-refractivity contribution in [2.24, 2.45) is 0 Å². The van der Waals surface area contributed by atoms with E-state index in [9.17, 15) is 9.18 Å². The number of hydrogen-bond donors (Lipinski definition) is 0.